The third kappa shape index (κ3) is 2.07. The summed E-state index contributed by atoms with van der Waals surface area (Å²) in [5.74, 6) is -0.0532. The lowest BCUT2D eigenvalue weighted by Gasteiger charge is -2.30. The minimum absolute atomic E-state index is 0.0123. The third-order valence-electron chi connectivity index (χ3n) is 5.54. The van der Waals surface area contributed by atoms with Crippen molar-refractivity contribution in [1.29, 1.82) is 0 Å². The van der Waals surface area contributed by atoms with Gasteiger partial charge in [-0.15, -0.1) is 0 Å². The maximum absolute atomic E-state index is 12.4. The van der Waals surface area contributed by atoms with Crippen LogP contribution in [0.25, 0.3) is 10.8 Å². The number of carbonyl (C=O) groups excluding carboxylic acids is 2. The van der Waals surface area contributed by atoms with Gasteiger partial charge in [0.05, 0.1) is 14.5 Å². The largest absolute Gasteiger partial charge is 0.294 e. The number of ketones is 2. The standard InChI is InChI=1S/C19H22O2Si/c1-4-22(5-2,6-3)14-10-13-8-7-9-15-17(20)12-18(21)16(11-14)19(13)15/h7-11H,4-6,12H2,1-3H3. The van der Waals surface area contributed by atoms with Crippen LogP contribution in [0.2, 0.25) is 18.1 Å². The Hall–Kier alpha value is -1.74. The highest BCUT2D eigenvalue weighted by atomic mass is 28.3. The Morgan fingerprint density at radius 2 is 1.55 bits per heavy atom. The third-order valence-corrected chi connectivity index (χ3v) is 11.1. The van der Waals surface area contributed by atoms with E-state index in [1.165, 1.54) is 23.3 Å². The van der Waals surface area contributed by atoms with Crippen LogP contribution >= 0.6 is 0 Å². The maximum atomic E-state index is 12.4. The van der Waals surface area contributed by atoms with Crippen LogP contribution in [0.3, 0.4) is 0 Å². The highest BCUT2D eigenvalue weighted by molar-refractivity contribution is 6.91. The molecule has 0 saturated carbocycles. The highest BCUT2D eigenvalue weighted by Gasteiger charge is 2.32. The van der Waals surface area contributed by atoms with E-state index in [1.807, 2.05) is 18.2 Å². The summed E-state index contributed by atoms with van der Waals surface area (Å²) >= 11 is 0. The first-order valence-electron chi connectivity index (χ1n) is 8.20. The van der Waals surface area contributed by atoms with Crippen LogP contribution in [0.4, 0.5) is 0 Å². The number of Topliss-reactive ketones (excluding diaryl/α,β-unsaturated/α-hetero) is 2. The van der Waals surface area contributed by atoms with Crippen LogP contribution in [0.5, 0.6) is 0 Å². The first kappa shape index (κ1) is 15.2. The van der Waals surface area contributed by atoms with Gasteiger partial charge in [-0.25, -0.2) is 0 Å². The Kier molecular flexibility index (Phi) is 3.77. The predicted octanol–water partition coefficient (Wildman–Crippen LogP) is 4.32. The van der Waals surface area contributed by atoms with E-state index in [0.717, 1.165) is 21.9 Å². The molecule has 0 heterocycles. The molecule has 3 rings (SSSR count). The molecule has 0 radical (unpaired) electrons. The Bertz CT molecular complexity index is 764. The summed E-state index contributed by atoms with van der Waals surface area (Å²) in [6.45, 7) is 6.82. The molecule has 0 aromatic heterocycles. The zero-order valence-corrected chi connectivity index (χ0v) is 14.5. The SMILES string of the molecule is CC[Si](CC)(CC)c1cc2c3c(cccc3c1)C(=O)CC2=O. The molecule has 1 aliphatic rings. The summed E-state index contributed by atoms with van der Waals surface area (Å²) in [6, 6.07) is 13.8. The molecule has 0 atom stereocenters. The second-order valence-corrected chi connectivity index (χ2v) is 11.6. The minimum Gasteiger partial charge on any atom is -0.294 e. The van der Waals surface area contributed by atoms with E-state index in [9.17, 15) is 9.59 Å². The number of hydrogen-bond donors (Lipinski definition) is 0. The molecule has 3 heteroatoms. The Morgan fingerprint density at radius 3 is 2.18 bits per heavy atom. The summed E-state index contributed by atoms with van der Waals surface area (Å²) in [6.07, 6.45) is 0.0223. The Labute approximate surface area is 132 Å². The number of carbonyl (C=O) groups is 2. The highest BCUT2D eigenvalue weighted by Crippen LogP contribution is 2.31. The average molecular weight is 310 g/mol. The van der Waals surface area contributed by atoms with Crippen LogP contribution in [0.15, 0.2) is 30.3 Å². The van der Waals surface area contributed by atoms with E-state index in [4.69, 9.17) is 0 Å². The summed E-state index contributed by atoms with van der Waals surface area (Å²) in [4.78, 5) is 24.5. The Balaban J connectivity index is 2.35. The number of hydrogen-bond acceptors (Lipinski definition) is 2. The van der Waals surface area contributed by atoms with Gasteiger partial charge in [0.2, 0.25) is 0 Å². The number of rotatable bonds is 4. The van der Waals surface area contributed by atoms with Crippen LogP contribution in [-0.4, -0.2) is 19.6 Å². The van der Waals surface area contributed by atoms with Gasteiger partial charge in [-0.3, -0.25) is 9.59 Å². The molecule has 0 fully saturated rings. The smallest absolute Gasteiger partial charge is 0.171 e. The quantitative estimate of drug-likeness (QED) is 0.622. The van der Waals surface area contributed by atoms with Gasteiger partial charge in [0.15, 0.2) is 11.6 Å². The van der Waals surface area contributed by atoms with Crippen molar-refractivity contribution in [1.82, 2.24) is 0 Å². The fraction of sp³-hybridized carbons (Fsp3) is 0.368. The van der Waals surface area contributed by atoms with Gasteiger partial charge in [0, 0.05) is 16.5 Å². The zero-order chi connectivity index (χ0) is 15.9. The van der Waals surface area contributed by atoms with Crippen molar-refractivity contribution in [3.05, 3.63) is 41.5 Å². The van der Waals surface area contributed by atoms with E-state index in [2.05, 4.69) is 32.9 Å². The molecule has 1 aliphatic carbocycles. The molecule has 0 bridgehead atoms. The van der Waals surface area contributed by atoms with Crippen LogP contribution < -0.4 is 5.19 Å². The van der Waals surface area contributed by atoms with Gasteiger partial charge in [-0.1, -0.05) is 74.4 Å². The van der Waals surface area contributed by atoms with Gasteiger partial charge >= 0.3 is 0 Å². The molecule has 2 aromatic rings. The molecule has 114 valence electrons. The topological polar surface area (TPSA) is 34.1 Å². The monoisotopic (exact) mass is 310 g/mol. The van der Waals surface area contributed by atoms with E-state index < -0.39 is 8.07 Å². The number of benzene rings is 2. The lowest BCUT2D eigenvalue weighted by Crippen LogP contribution is -2.46. The molecule has 22 heavy (non-hydrogen) atoms. The molecular formula is C19H22O2Si. The van der Waals surface area contributed by atoms with Crippen molar-refractivity contribution in [2.75, 3.05) is 0 Å². The van der Waals surface area contributed by atoms with Crippen molar-refractivity contribution in [2.45, 2.75) is 45.3 Å². The molecule has 0 aliphatic heterocycles. The summed E-state index contributed by atoms with van der Waals surface area (Å²) in [7, 11) is -1.54. The van der Waals surface area contributed by atoms with Gasteiger partial charge in [-0.2, -0.15) is 0 Å². The molecule has 2 nitrogen and oxygen atoms in total. The van der Waals surface area contributed by atoms with Crippen molar-refractivity contribution in [3.63, 3.8) is 0 Å². The fourth-order valence-corrected chi connectivity index (χ4v) is 7.52. The van der Waals surface area contributed by atoms with Crippen molar-refractivity contribution >= 4 is 35.6 Å². The molecule has 0 amide bonds. The van der Waals surface area contributed by atoms with Gasteiger partial charge in [-0.05, 0) is 5.39 Å². The minimum atomic E-state index is -1.54. The second-order valence-electron chi connectivity index (χ2n) is 6.29. The van der Waals surface area contributed by atoms with Crippen molar-refractivity contribution in [3.8, 4) is 0 Å². The van der Waals surface area contributed by atoms with E-state index >= 15 is 0 Å². The lowest BCUT2D eigenvalue weighted by atomic mass is 9.87. The molecule has 0 N–H and O–H groups in total. The first-order chi connectivity index (χ1) is 10.6. The summed E-state index contributed by atoms with van der Waals surface area (Å²) < 4.78 is 0. The summed E-state index contributed by atoms with van der Waals surface area (Å²) in [5, 5.41) is 3.31. The molecule has 2 aromatic carbocycles. The lowest BCUT2D eigenvalue weighted by molar-refractivity contribution is 0.0890. The second kappa shape index (κ2) is 5.47. The predicted molar refractivity (Wildman–Crippen MR) is 94.1 cm³/mol. The van der Waals surface area contributed by atoms with Crippen LogP contribution in [-0.2, 0) is 0 Å². The van der Waals surface area contributed by atoms with Crippen molar-refractivity contribution < 1.29 is 9.59 Å². The molecule has 0 unspecified atom stereocenters. The van der Waals surface area contributed by atoms with Gasteiger partial charge in [0.25, 0.3) is 0 Å². The molecule has 0 spiro atoms. The normalized spacial score (nSPS) is 14.7. The van der Waals surface area contributed by atoms with Gasteiger partial charge < -0.3 is 0 Å². The first-order valence-corrected chi connectivity index (χ1v) is 10.8. The van der Waals surface area contributed by atoms with Crippen LogP contribution in [0, 0.1) is 0 Å². The summed E-state index contributed by atoms with van der Waals surface area (Å²) in [5.41, 5.74) is 1.49. The maximum Gasteiger partial charge on any atom is 0.171 e. The molecule has 0 saturated heterocycles. The Morgan fingerprint density at radius 1 is 0.909 bits per heavy atom. The average Bonchev–Trinajstić information content (AvgIpc) is 2.54. The zero-order valence-electron chi connectivity index (χ0n) is 13.5. The van der Waals surface area contributed by atoms with E-state index in [0.29, 0.717) is 0 Å². The van der Waals surface area contributed by atoms with Gasteiger partial charge in [0.1, 0.15) is 0 Å². The fourth-order valence-electron chi connectivity index (χ4n) is 3.89. The van der Waals surface area contributed by atoms with E-state index in [-0.39, 0.29) is 18.0 Å². The molecular weight excluding hydrogens is 288 g/mol. The van der Waals surface area contributed by atoms with Crippen molar-refractivity contribution in [2.24, 2.45) is 0 Å². The van der Waals surface area contributed by atoms with Crippen LogP contribution in [0.1, 0.15) is 47.9 Å². The van der Waals surface area contributed by atoms with E-state index in [1.54, 1.807) is 0 Å².